The zero-order valence-corrected chi connectivity index (χ0v) is 22.7. The average molecular weight is 621 g/mol. The maximum absolute atomic E-state index is 14.7. The molecule has 1 heterocycles. The Hall–Kier alpha value is -3.55. The summed E-state index contributed by atoms with van der Waals surface area (Å²) in [6, 6.07) is 8.50. The summed E-state index contributed by atoms with van der Waals surface area (Å²) >= 11 is 0. The predicted octanol–water partition coefficient (Wildman–Crippen LogP) is 6.89. The molecule has 42 heavy (non-hydrogen) atoms. The van der Waals surface area contributed by atoms with E-state index in [-0.39, 0.29) is 59.7 Å². The molecule has 3 aromatic rings. The van der Waals surface area contributed by atoms with E-state index in [1.54, 1.807) is 12.1 Å². The molecule has 226 valence electrons. The van der Waals surface area contributed by atoms with Crippen LogP contribution < -0.4 is 0 Å². The molecule has 14 heteroatoms. The molecule has 0 spiro atoms. The van der Waals surface area contributed by atoms with Gasteiger partial charge in [-0.15, -0.1) is 0 Å². The summed E-state index contributed by atoms with van der Waals surface area (Å²) in [5.74, 6) is -1.12. The number of rotatable bonds is 6. The first-order chi connectivity index (χ1) is 19.5. The third-order valence-electron chi connectivity index (χ3n) is 7.77. The standard InChI is InChI=1S/C28H24F8N2O3S/c1-38(24(39)18-3-2-16-37-17-18)22-12-14-25(15-13-22,42(40,41)23-10-8-21(29)9-11-23)19-4-6-20(7-5-19)26(30,27(31,32)33)28(34,35)36/h2-11,16-17,22H,12-15H2,1H3. The van der Waals surface area contributed by atoms with E-state index < -0.39 is 50.0 Å². The lowest BCUT2D eigenvalue weighted by molar-refractivity contribution is -0.348. The summed E-state index contributed by atoms with van der Waals surface area (Å²) in [4.78, 5) is 17.9. The highest BCUT2D eigenvalue weighted by molar-refractivity contribution is 7.92. The summed E-state index contributed by atoms with van der Waals surface area (Å²) in [5.41, 5.74) is -7.32. The summed E-state index contributed by atoms with van der Waals surface area (Å²) in [6.45, 7) is 0. The normalized spacial score (nSPS) is 20.3. The SMILES string of the molecule is CN(C(=O)c1cccnc1)C1CCC(c2ccc(C(F)(C(F)(F)F)C(F)(F)F)cc2)(S(=O)(=O)c2ccc(F)cc2)CC1. The van der Waals surface area contributed by atoms with Gasteiger partial charge in [0.2, 0.25) is 0 Å². The number of alkyl halides is 7. The molecule has 1 aromatic heterocycles. The number of hydrogen-bond donors (Lipinski definition) is 0. The highest BCUT2D eigenvalue weighted by Gasteiger charge is 2.73. The predicted molar refractivity (Wildman–Crippen MR) is 135 cm³/mol. The Bertz CT molecular complexity index is 1500. The fourth-order valence-corrected chi connectivity index (χ4v) is 7.52. The molecule has 1 aliphatic rings. The van der Waals surface area contributed by atoms with Gasteiger partial charge in [0, 0.05) is 31.0 Å². The van der Waals surface area contributed by atoms with E-state index in [1.807, 2.05) is 0 Å². The van der Waals surface area contributed by atoms with Gasteiger partial charge in [0.05, 0.1) is 10.5 Å². The van der Waals surface area contributed by atoms with Crippen molar-refractivity contribution in [2.45, 2.75) is 59.4 Å². The summed E-state index contributed by atoms with van der Waals surface area (Å²) in [6.07, 6.45) is -10.1. The van der Waals surface area contributed by atoms with Crippen LogP contribution in [0.5, 0.6) is 0 Å². The van der Waals surface area contributed by atoms with Crippen molar-refractivity contribution in [2.75, 3.05) is 7.05 Å². The number of benzene rings is 2. The van der Waals surface area contributed by atoms with Crippen LogP contribution in [0.2, 0.25) is 0 Å². The van der Waals surface area contributed by atoms with Crippen molar-refractivity contribution in [2.24, 2.45) is 0 Å². The van der Waals surface area contributed by atoms with Crippen molar-refractivity contribution in [1.29, 1.82) is 0 Å². The first-order valence-electron chi connectivity index (χ1n) is 12.6. The minimum Gasteiger partial charge on any atom is -0.339 e. The quantitative estimate of drug-likeness (QED) is 0.222. The highest BCUT2D eigenvalue weighted by atomic mass is 32.2. The Kier molecular flexibility index (Phi) is 8.17. The van der Waals surface area contributed by atoms with E-state index in [1.165, 1.54) is 24.3 Å². The maximum atomic E-state index is 14.7. The van der Waals surface area contributed by atoms with Crippen LogP contribution in [0.1, 0.15) is 47.2 Å². The molecule has 0 atom stereocenters. The van der Waals surface area contributed by atoms with Gasteiger partial charge in [0.15, 0.2) is 9.84 Å². The molecule has 0 bridgehead atoms. The Morgan fingerprint density at radius 1 is 0.881 bits per heavy atom. The monoisotopic (exact) mass is 620 g/mol. The molecule has 0 aliphatic heterocycles. The van der Waals surface area contributed by atoms with Crippen molar-refractivity contribution in [3.05, 3.63) is 95.6 Å². The third-order valence-corrected chi connectivity index (χ3v) is 10.3. The van der Waals surface area contributed by atoms with E-state index in [0.717, 1.165) is 36.4 Å². The Balaban J connectivity index is 1.75. The molecular formula is C28H24F8N2O3S. The topological polar surface area (TPSA) is 67.3 Å². The molecule has 0 saturated heterocycles. The van der Waals surface area contributed by atoms with Crippen LogP contribution in [0.4, 0.5) is 35.1 Å². The van der Waals surface area contributed by atoms with Crippen LogP contribution in [-0.4, -0.2) is 49.7 Å². The largest absolute Gasteiger partial charge is 0.435 e. The number of pyridine rings is 1. The summed E-state index contributed by atoms with van der Waals surface area (Å²) in [5, 5.41) is 0. The molecule has 2 aromatic carbocycles. The zero-order valence-electron chi connectivity index (χ0n) is 21.9. The Morgan fingerprint density at radius 2 is 1.43 bits per heavy atom. The Morgan fingerprint density at radius 3 is 1.90 bits per heavy atom. The number of nitrogens with zero attached hydrogens (tertiary/aromatic N) is 2. The van der Waals surface area contributed by atoms with Gasteiger partial charge in [-0.05, 0) is 67.6 Å². The van der Waals surface area contributed by atoms with E-state index in [9.17, 15) is 48.3 Å². The number of sulfone groups is 1. The molecule has 1 saturated carbocycles. The lowest BCUT2D eigenvalue weighted by Gasteiger charge is -2.42. The van der Waals surface area contributed by atoms with E-state index >= 15 is 0 Å². The van der Waals surface area contributed by atoms with E-state index in [4.69, 9.17) is 0 Å². The first kappa shape index (κ1) is 31.4. The highest BCUT2D eigenvalue weighted by Crippen LogP contribution is 2.54. The van der Waals surface area contributed by atoms with E-state index in [0.29, 0.717) is 0 Å². The molecule has 5 nitrogen and oxygen atoms in total. The number of carbonyl (C=O) groups is 1. The van der Waals surface area contributed by atoms with Crippen molar-refractivity contribution in [3.8, 4) is 0 Å². The molecule has 4 rings (SSSR count). The summed E-state index contributed by atoms with van der Waals surface area (Å²) < 4.78 is 134. The second kappa shape index (κ2) is 10.9. The fraction of sp³-hybridized carbons (Fsp3) is 0.357. The van der Waals surface area contributed by atoms with Gasteiger partial charge in [0.1, 0.15) is 10.6 Å². The van der Waals surface area contributed by atoms with Crippen LogP contribution in [0.25, 0.3) is 0 Å². The van der Waals surface area contributed by atoms with Crippen LogP contribution >= 0.6 is 0 Å². The lowest BCUT2D eigenvalue weighted by atomic mass is 9.79. The van der Waals surface area contributed by atoms with E-state index in [2.05, 4.69) is 4.98 Å². The fourth-order valence-electron chi connectivity index (χ4n) is 5.36. The van der Waals surface area contributed by atoms with Crippen molar-refractivity contribution >= 4 is 15.7 Å². The minimum absolute atomic E-state index is 0.0861. The number of amides is 1. The van der Waals surface area contributed by atoms with Gasteiger partial charge in [-0.25, -0.2) is 17.2 Å². The molecule has 1 aliphatic carbocycles. The van der Waals surface area contributed by atoms with Crippen molar-refractivity contribution in [1.82, 2.24) is 9.88 Å². The summed E-state index contributed by atoms with van der Waals surface area (Å²) in [7, 11) is -2.92. The Labute approximate surface area is 236 Å². The molecule has 0 unspecified atom stereocenters. The second-order valence-electron chi connectivity index (χ2n) is 10.1. The van der Waals surface area contributed by atoms with Crippen molar-refractivity contribution in [3.63, 3.8) is 0 Å². The maximum Gasteiger partial charge on any atom is 0.435 e. The zero-order chi connectivity index (χ0) is 31.1. The molecular weight excluding hydrogens is 596 g/mol. The molecule has 0 radical (unpaired) electrons. The van der Waals surface area contributed by atoms with Gasteiger partial charge in [-0.3, -0.25) is 9.78 Å². The smallest absolute Gasteiger partial charge is 0.339 e. The average Bonchev–Trinajstić information content (AvgIpc) is 2.95. The minimum atomic E-state index is -6.34. The van der Waals surface area contributed by atoms with Gasteiger partial charge in [0.25, 0.3) is 5.91 Å². The number of halogens is 8. The van der Waals surface area contributed by atoms with Crippen molar-refractivity contribution < 1.29 is 48.3 Å². The van der Waals surface area contributed by atoms with Gasteiger partial charge < -0.3 is 4.90 Å². The van der Waals surface area contributed by atoms with Gasteiger partial charge in [-0.2, -0.15) is 26.3 Å². The number of aromatic nitrogens is 1. The van der Waals surface area contributed by atoms with Gasteiger partial charge >= 0.3 is 18.0 Å². The first-order valence-corrected chi connectivity index (χ1v) is 14.0. The van der Waals surface area contributed by atoms with Crippen LogP contribution in [0, 0.1) is 5.82 Å². The van der Waals surface area contributed by atoms with Crippen LogP contribution in [0.3, 0.4) is 0 Å². The number of hydrogen-bond acceptors (Lipinski definition) is 4. The second-order valence-corrected chi connectivity index (χ2v) is 12.3. The van der Waals surface area contributed by atoms with Gasteiger partial charge in [-0.1, -0.05) is 24.3 Å². The van der Waals surface area contributed by atoms with Crippen LogP contribution in [0.15, 0.2) is 78.0 Å². The van der Waals surface area contributed by atoms with Crippen LogP contribution in [-0.2, 0) is 20.3 Å². The molecule has 1 fully saturated rings. The third kappa shape index (κ3) is 5.25. The lowest BCUT2D eigenvalue weighted by Crippen LogP contribution is -2.50. The molecule has 0 N–H and O–H groups in total. The molecule has 1 amide bonds. The number of carbonyl (C=O) groups excluding carboxylic acids is 1.